The van der Waals surface area contributed by atoms with Crippen molar-refractivity contribution in [2.45, 2.75) is 46.3 Å². The highest BCUT2D eigenvalue weighted by Gasteiger charge is 2.55. The predicted molar refractivity (Wildman–Crippen MR) is 139 cm³/mol. The molecule has 0 saturated carbocycles. The minimum atomic E-state index is -1.30. The van der Waals surface area contributed by atoms with E-state index in [1.807, 2.05) is 0 Å². The van der Waals surface area contributed by atoms with Crippen molar-refractivity contribution in [3.05, 3.63) is 65.5 Å². The first-order chi connectivity index (χ1) is 18.9. The smallest absolute Gasteiger partial charge is 0.259 e. The maximum absolute atomic E-state index is 14.1. The molecule has 0 aliphatic carbocycles. The summed E-state index contributed by atoms with van der Waals surface area (Å²) < 4.78 is 46.6. The molecule has 2 aliphatic rings. The monoisotopic (exact) mass is 559 g/mol. The van der Waals surface area contributed by atoms with Gasteiger partial charge in [-0.25, -0.2) is 18.2 Å². The molecule has 4 rings (SSSR count). The predicted octanol–water partition coefficient (Wildman–Crippen LogP) is 2.99. The van der Waals surface area contributed by atoms with Crippen molar-refractivity contribution >= 4 is 23.4 Å². The molecule has 12 heteroatoms. The molecule has 214 valence electrons. The van der Waals surface area contributed by atoms with E-state index in [1.165, 1.54) is 11.0 Å². The van der Waals surface area contributed by atoms with Crippen LogP contribution in [0.15, 0.2) is 47.7 Å². The van der Waals surface area contributed by atoms with Crippen LogP contribution in [-0.2, 0) is 32.1 Å². The zero-order valence-corrected chi connectivity index (χ0v) is 22.6. The Balaban J connectivity index is 1.56. The highest BCUT2D eigenvalue weighted by Crippen LogP contribution is 2.38. The van der Waals surface area contributed by atoms with Crippen molar-refractivity contribution in [1.82, 2.24) is 20.2 Å². The number of fused-ring (bicyclic) bond motifs is 1. The number of carbonyl (C=O) groups is 3. The zero-order chi connectivity index (χ0) is 29.1. The van der Waals surface area contributed by atoms with Gasteiger partial charge in [0.15, 0.2) is 6.80 Å². The first-order valence-corrected chi connectivity index (χ1v) is 12.9. The van der Waals surface area contributed by atoms with Gasteiger partial charge in [-0.1, -0.05) is 32.9 Å². The number of nitrogens with one attached hydrogen (secondary N) is 1. The van der Waals surface area contributed by atoms with Crippen LogP contribution in [-0.4, -0.2) is 70.9 Å². The summed E-state index contributed by atoms with van der Waals surface area (Å²) in [5.74, 6) is -3.01. The Kier molecular flexibility index (Phi) is 8.57. The van der Waals surface area contributed by atoms with Crippen molar-refractivity contribution in [1.29, 1.82) is 0 Å². The highest BCUT2D eigenvalue weighted by atomic mass is 19.1. The van der Waals surface area contributed by atoms with Crippen LogP contribution in [0.3, 0.4) is 0 Å². The van der Waals surface area contributed by atoms with E-state index in [2.05, 4.69) is 15.4 Å². The van der Waals surface area contributed by atoms with Crippen LogP contribution in [0.2, 0.25) is 0 Å². The number of pyridine rings is 1. The molecule has 2 aliphatic heterocycles. The van der Waals surface area contributed by atoms with Gasteiger partial charge in [0, 0.05) is 54.9 Å². The van der Waals surface area contributed by atoms with E-state index in [0.29, 0.717) is 11.4 Å². The second-order valence-corrected chi connectivity index (χ2v) is 11.0. The van der Waals surface area contributed by atoms with Crippen molar-refractivity contribution in [2.75, 3.05) is 26.5 Å². The molecular formula is C28H32F3N5O4. The van der Waals surface area contributed by atoms with Crippen LogP contribution in [0.25, 0.3) is 0 Å². The molecule has 2 aromatic rings. The maximum atomic E-state index is 14.1. The number of benzene rings is 1. The third-order valence-corrected chi connectivity index (χ3v) is 6.99. The number of halogens is 3. The van der Waals surface area contributed by atoms with Gasteiger partial charge in [0.1, 0.15) is 23.1 Å². The van der Waals surface area contributed by atoms with Crippen LogP contribution in [0.5, 0.6) is 0 Å². The van der Waals surface area contributed by atoms with Gasteiger partial charge in [-0.05, 0) is 18.2 Å². The van der Waals surface area contributed by atoms with E-state index in [1.54, 1.807) is 45.2 Å². The molecule has 3 heterocycles. The Morgan fingerprint density at radius 1 is 1.20 bits per heavy atom. The number of likely N-dealkylation sites (tertiary alicyclic amines) is 1. The third kappa shape index (κ3) is 6.16. The lowest BCUT2D eigenvalue weighted by molar-refractivity contribution is -0.145. The Labute approximate surface area is 230 Å². The first-order valence-electron chi connectivity index (χ1n) is 12.9. The fourth-order valence-corrected chi connectivity index (χ4v) is 4.76. The molecule has 1 saturated heterocycles. The van der Waals surface area contributed by atoms with Crippen LogP contribution < -0.4 is 5.32 Å². The van der Waals surface area contributed by atoms with Gasteiger partial charge in [-0.3, -0.25) is 19.4 Å². The molecule has 2 unspecified atom stereocenters. The summed E-state index contributed by atoms with van der Waals surface area (Å²) in [5.41, 5.74) is -0.979. The molecule has 9 nitrogen and oxygen atoms in total. The topological polar surface area (TPSA) is 104 Å². The summed E-state index contributed by atoms with van der Waals surface area (Å²) in [4.78, 5) is 45.8. The molecular weight excluding hydrogens is 527 g/mol. The van der Waals surface area contributed by atoms with Gasteiger partial charge in [0.25, 0.3) is 5.91 Å². The maximum Gasteiger partial charge on any atom is 0.259 e. The number of ether oxygens (including phenoxy) is 1. The lowest BCUT2D eigenvalue weighted by atomic mass is 9.74. The SMILES string of the molecule is CC(C)(C)C(=O)NC(COCc1ccc(F)cc1F)C(=O)N1CCC2=NN(CF)C(=O)C2(Cc2ccccn2)C1. The van der Waals surface area contributed by atoms with Gasteiger partial charge in [0.2, 0.25) is 11.8 Å². The summed E-state index contributed by atoms with van der Waals surface area (Å²) >= 11 is 0. The van der Waals surface area contributed by atoms with Crippen molar-refractivity contribution < 1.29 is 32.3 Å². The summed E-state index contributed by atoms with van der Waals surface area (Å²) in [6, 6.07) is 7.16. The van der Waals surface area contributed by atoms with E-state index in [4.69, 9.17) is 4.74 Å². The lowest BCUT2D eigenvalue weighted by Crippen LogP contribution is -2.60. The Bertz CT molecular complexity index is 1300. The largest absolute Gasteiger partial charge is 0.374 e. The number of amides is 3. The standard InChI is InChI=1S/C28H32F3N5O4/c1-27(2,3)25(38)33-22(15-40-14-18-7-8-19(30)12-21(18)31)24(37)35-11-9-23-28(16-35,26(39)36(17-29)34-23)13-20-6-4-5-10-32-20/h4-8,10,12,22H,9,11,13-17H2,1-3H3,(H,33,38). The average Bonchev–Trinajstić information content (AvgIpc) is 3.19. The summed E-state index contributed by atoms with van der Waals surface area (Å²) in [6.07, 6.45) is 1.92. The number of hydrogen-bond donors (Lipinski definition) is 1. The van der Waals surface area contributed by atoms with Crippen LogP contribution in [0.4, 0.5) is 13.2 Å². The minimum absolute atomic E-state index is 0.0887. The Morgan fingerprint density at radius 2 is 1.98 bits per heavy atom. The van der Waals surface area contributed by atoms with Crippen molar-refractivity contribution in [2.24, 2.45) is 15.9 Å². The Morgan fingerprint density at radius 3 is 2.62 bits per heavy atom. The van der Waals surface area contributed by atoms with Crippen LogP contribution in [0.1, 0.15) is 38.4 Å². The number of nitrogens with zero attached hydrogens (tertiary/aromatic N) is 4. The number of hydrogen-bond acceptors (Lipinski definition) is 6. The molecule has 40 heavy (non-hydrogen) atoms. The average molecular weight is 560 g/mol. The number of piperidine rings is 1. The fraction of sp³-hybridized carbons (Fsp3) is 0.464. The molecule has 0 radical (unpaired) electrons. The number of alkyl halides is 1. The fourth-order valence-electron chi connectivity index (χ4n) is 4.76. The normalized spacial score (nSPS) is 19.8. The van der Waals surface area contributed by atoms with Crippen molar-refractivity contribution in [3.63, 3.8) is 0 Å². The quantitative estimate of drug-likeness (QED) is 0.476. The Hall–Kier alpha value is -3.80. The molecule has 1 aromatic heterocycles. The van der Waals surface area contributed by atoms with Crippen molar-refractivity contribution in [3.8, 4) is 0 Å². The lowest BCUT2D eigenvalue weighted by Gasteiger charge is -2.40. The van der Waals surface area contributed by atoms with Gasteiger partial charge in [0.05, 0.1) is 18.9 Å². The van der Waals surface area contributed by atoms with E-state index in [-0.39, 0.29) is 44.7 Å². The summed E-state index contributed by atoms with van der Waals surface area (Å²) in [7, 11) is 0. The highest BCUT2D eigenvalue weighted by molar-refractivity contribution is 6.13. The second-order valence-electron chi connectivity index (χ2n) is 11.0. The van der Waals surface area contributed by atoms with Gasteiger partial charge in [-0.15, -0.1) is 0 Å². The number of rotatable bonds is 9. The number of aromatic nitrogens is 1. The molecule has 3 amide bonds. The number of carbonyl (C=O) groups excluding carboxylic acids is 3. The molecule has 2 atom stereocenters. The summed E-state index contributed by atoms with van der Waals surface area (Å²) in [6.45, 7) is 3.50. The first kappa shape index (κ1) is 29.2. The molecule has 1 N–H and O–H groups in total. The molecule has 0 bridgehead atoms. The molecule has 1 aromatic carbocycles. The van der Waals surface area contributed by atoms with Crippen LogP contribution in [0, 0.1) is 22.5 Å². The van der Waals surface area contributed by atoms with Gasteiger partial charge >= 0.3 is 0 Å². The zero-order valence-electron chi connectivity index (χ0n) is 22.6. The van der Waals surface area contributed by atoms with E-state index >= 15 is 0 Å². The minimum Gasteiger partial charge on any atom is -0.374 e. The number of hydrazone groups is 1. The third-order valence-electron chi connectivity index (χ3n) is 6.99. The van der Waals surface area contributed by atoms with E-state index in [0.717, 1.165) is 17.1 Å². The summed E-state index contributed by atoms with van der Waals surface area (Å²) in [5, 5.41) is 7.68. The van der Waals surface area contributed by atoms with Crippen LogP contribution >= 0.6 is 0 Å². The molecule has 1 fully saturated rings. The van der Waals surface area contributed by atoms with E-state index in [9.17, 15) is 27.6 Å². The van der Waals surface area contributed by atoms with E-state index < -0.39 is 53.0 Å². The van der Waals surface area contributed by atoms with Gasteiger partial charge in [-0.2, -0.15) is 5.10 Å². The van der Waals surface area contributed by atoms with Gasteiger partial charge < -0.3 is 15.0 Å². The second kappa shape index (κ2) is 11.7. The molecule has 0 spiro atoms.